The van der Waals surface area contributed by atoms with Crippen LogP contribution in [0.25, 0.3) is 0 Å². The predicted molar refractivity (Wildman–Crippen MR) is 70.5 cm³/mol. The molecule has 0 spiro atoms. The van der Waals surface area contributed by atoms with Crippen LogP contribution in [0.15, 0.2) is 18.2 Å². The quantitative estimate of drug-likeness (QED) is 0.825. The third kappa shape index (κ3) is 4.93. The van der Waals surface area contributed by atoms with Gasteiger partial charge in [-0.15, -0.1) is 0 Å². The number of hydrogen-bond donors (Lipinski definition) is 1. The summed E-state index contributed by atoms with van der Waals surface area (Å²) in [5, 5.41) is 12.1. The fourth-order valence-electron chi connectivity index (χ4n) is 1.89. The zero-order valence-corrected chi connectivity index (χ0v) is 11.3. The van der Waals surface area contributed by atoms with Crippen LogP contribution in [0.5, 0.6) is 0 Å². The smallest absolute Gasteiger partial charge is 0.126 e. The van der Waals surface area contributed by atoms with Crippen LogP contribution in [0.2, 0.25) is 0 Å². The Morgan fingerprint density at radius 3 is 2.26 bits per heavy atom. The molecular weight excluding hydrogens is 248 g/mol. The minimum absolute atomic E-state index is 0.319. The van der Waals surface area contributed by atoms with Crippen molar-refractivity contribution in [2.45, 2.75) is 19.9 Å². The average molecular weight is 267 g/mol. The lowest BCUT2D eigenvalue weighted by Crippen LogP contribution is -2.33. The Morgan fingerprint density at radius 1 is 1.21 bits per heavy atom. The van der Waals surface area contributed by atoms with Crippen LogP contribution in [-0.2, 0) is 0 Å². The minimum Gasteiger partial charge on any atom is -0.303 e. The first-order valence-corrected chi connectivity index (χ1v) is 6.42. The third-order valence-electron chi connectivity index (χ3n) is 3.02. The largest absolute Gasteiger partial charge is 0.303 e. The Balaban J connectivity index is 2.61. The van der Waals surface area contributed by atoms with Crippen molar-refractivity contribution in [1.29, 1.82) is 5.26 Å². The molecule has 0 radical (unpaired) electrons. The number of nitrogens with zero attached hydrogens (tertiary/aromatic N) is 2. The summed E-state index contributed by atoms with van der Waals surface area (Å²) in [6, 6.07) is 4.49. The van der Waals surface area contributed by atoms with E-state index in [0.717, 1.165) is 25.7 Å². The lowest BCUT2D eigenvalue weighted by Gasteiger charge is -2.19. The first-order valence-electron chi connectivity index (χ1n) is 6.42. The molecule has 19 heavy (non-hydrogen) atoms. The van der Waals surface area contributed by atoms with E-state index in [1.54, 1.807) is 0 Å². The van der Waals surface area contributed by atoms with Crippen LogP contribution in [0.1, 0.15) is 25.5 Å². The SMILES string of the molecule is CCN(CC)CCNC(C#N)c1cc(F)cc(F)c1. The van der Waals surface area contributed by atoms with E-state index in [1.807, 2.05) is 6.07 Å². The number of nitrogens with one attached hydrogen (secondary N) is 1. The van der Waals surface area contributed by atoms with Gasteiger partial charge in [0, 0.05) is 19.2 Å². The van der Waals surface area contributed by atoms with E-state index in [9.17, 15) is 8.78 Å². The Hall–Kier alpha value is -1.51. The van der Waals surface area contributed by atoms with Crippen LogP contribution < -0.4 is 5.32 Å². The van der Waals surface area contributed by atoms with Crippen LogP contribution in [-0.4, -0.2) is 31.1 Å². The van der Waals surface area contributed by atoms with Crippen molar-refractivity contribution in [1.82, 2.24) is 10.2 Å². The maximum Gasteiger partial charge on any atom is 0.126 e. The van der Waals surface area contributed by atoms with E-state index < -0.39 is 17.7 Å². The molecule has 1 aromatic rings. The molecule has 1 rings (SSSR count). The van der Waals surface area contributed by atoms with Crippen molar-refractivity contribution in [3.63, 3.8) is 0 Å². The van der Waals surface area contributed by atoms with Gasteiger partial charge in [0.05, 0.1) is 6.07 Å². The molecule has 1 aromatic carbocycles. The van der Waals surface area contributed by atoms with Gasteiger partial charge in [0.25, 0.3) is 0 Å². The summed E-state index contributed by atoms with van der Waals surface area (Å²) in [4.78, 5) is 2.20. The summed E-state index contributed by atoms with van der Waals surface area (Å²) < 4.78 is 26.2. The van der Waals surface area contributed by atoms with Gasteiger partial charge >= 0.3 is 0 Å². The molecule has 0 saturated heterocycles. The first kappa shape index (κ1) is 15.5. The Morgan fingerprint density at radius 2 is 1.79 bits per heavy atom. The van der Waals surface area contributed by atoms with Gasteiger partial charge in [0.2, 0.25) is 0 Å². The Labute approximate surface area is 112 Å². The molecule has 0 heterocycles. The highest BCUT2D eigenvalue weighted by molar-refractivity contribution is 5.25. The van der Waals surface area contributed by atoms with Crippen molar-refractivity contribution in [3.8, 4) is 6.07 Å². The monoisotopic (exact) mass is 267 g/mol. The van der Waals surface area contributed by atoms with Crippen LogP contribution >= 0.6 is 0 Å². The van der Waals surface area contributed by atoms with Gasteiger partial charge in [-0.3, -0.25) is 5.32 Å². The topological polar surface area (TPSA) is 39.1 Å². The Kier molecular flexibility index (Phi) is 6.40. The molecule has 3 nitrogen and oxygen atoms in total. The van der Waals surface area contributed by atoms with E-state index >= 15 is 0 Å². The number of benzene rings is 1. The molecule has 0 aliphatic heterocycles. The lowest BCUT2D eigenvalue weighted by atomic mass is 10.1. The van der Waals surface area contributed by atoms with E-state index in [4.69, 9.17) is 5.26 Å². The molecule has 5 heteroatoms. The van der Waals surface area contributed by atoms with Gasteiger partial charge < -0.3 is 4.90 Å². The first-order chi connectivity index (χ1) is 9.10. The minimum atomic E-state index is -0.694. The van der Waals surface area contributed by atoms with Crippen molar-refractivity contribution >= 4 is 0 Å². The van der Waals surface area contributed by atoms with Gasteiger partial charge in [-0.05, 0) is 30.8 Å². The predicted octanol–water partition coefficient (Wildman–Crippen LogP) is 2.46. The average Bonchev–Trinajstić information content (AvgIpc) is 2.38. The summed E-state index contributed by atoms with van der Waals surface area (Å²) in [7, 11) is 0. The Bertz CT molecular complexity index is 419. The van der Waals surface area contributed by atoms with Gasteiger partial charge in [-0.25, -0.2) is 8.78 Å². The van der Waals surface area contributed by atoms with Gasteiger partial charge in [-0.1, -0.05) is 13.8 Å². The van der Waals surface area contributed by atoms with Gasteiger partial charge in [-0.2, -0.15) is 5.26 Å². The maximum absolute atomic E-state index is 13.1. The molecule has 1 unspecified atom stereocenters. The molecule has 0 bridgehead atoms. The third-order valence-corrected chi connectivity index (χ3v) is 3.02. The summed E-state index contributed by atoms with van der Waals surface area (Å²) in [5.74, 6) is -1.33. The molecule has 0 aliphatic rings. The highest BCUT2D eigenvalue weighted by Crippen LogP contribution is 2.15. The van der Waals surface area contributed by atoms with Crippen molar-refractivity contribution in [3.05, 3.63) is 35.4 Å². The summed E-state index contributed by atoms with van der Waals surface area (Å²) >= 11 is 0. The van der Waals surface area contributed by atoms with Crippen molar-refractivity contribution in [2.24, 2.45) is 0 Å². The lowest BCUT2D eigenvalue weighted by molar-refractivity contribution is 0.300. The zero-order chi connectivity index (χ0) is 14.3. The molecule has 0 fully saturated rings. The van der Waals surface area contributed by atoms with Gasteiger partial charge in [0.1, 0.15) is 17.7 Å². The molecule has 0 saturated carbocycles. The van der Waals surface area contributed by atoms with Crippen molar-refractivity contribution < 1.29 is 8.78 Å². The number of hydrogen-bond acceptors (Lipinski definition) is 3. The second-order valence-electron chi connectivity index (χ2n) is 4.25. The van der Waals surface area contributed by atoms with Crippen LogP contribution in [0.4, 0.5) is 8.78 Å². The van der Waals surface area contributed by atoms with E-state index in [-0.39, 0.29) is 0 Å². The van der Waals surface area contributed by atoms with E-state index in [0.29, 0.717) is 12.1 Å². The zero-order valence-electron chi connectivity index (χ0n) is 11.3. The molecule has 1 N–H and O–H groups in total. The summed E-state index contributed by atoms with van der Waals surface area (Å²) in [5.41, 5.74) is 0.319. The maximum atomic E-state index is 13.1. The normalized spacial score (nSPS) is 12.4. The highest BCUT2D eigenvalue weighted by Gasteiger charge is 2.12. The number of likely N-dealkylation sites (N-methyl/N-ethyl adjacent to an activating group) is 1. The molecule has 0 aromatic heterocycles. The van der Waals surface area contributed by atoms with Crippen molar-refractivity contribution in [2.75, 3.05) is 26.2 Å². The van der Waals surface area contributed by atoms with E-state index in [2.05, 4.69) is 24.1 Å². The van der Waals surface area contributed by atoms with Gasteiger partial charge in [0.15, 0.2) is 0 Å². The molecule has 0 amide bonds. The fraction of sp³-hybridized carbons (Fsp3) is 0.500. The summed E-state index contributed by atoms with van der Waals surface area (Å²) in [6.07, 6.45) is 0. The number of nitriles is 1. The summed E-state index contributed by atoms with van der Waals surface area (Å²) in [6.45, 7) is 7.38. The molecular formula is C14H19F2N3. The van der Waals surface area contributed by atoms with Crippen LogP contribution in [0.3, 0.4) is 0 Å². The molecule has 1 atom stereocenters. The standard InChI is InChI=1S/C14H19F2N3/c1-3-19(4-2)6-5-18-14(10-17)11-7-12(15)9-13(16)8-11/h7-9,14,18H,3-6H2,1-2H3. The fourth-order valence-corrected chi connectivity index (χ4v) is 1.89. The highest BCUT2D eigenvalue weighted by atomic mass is 19.1. The number of halogens is 2. The second-order valence-corrected chi connectivity index (χ2v) is 4.25. The van der Waals surface area contributed by atoms with E-state index in [1.165, 1.54) is 12.1 Å². The second kappa shape index (κ2) is 7.82. The molecule has 104 valence electrons. The molecule has 0 aliphatic carbocycles. The van der Waals surface area contributed by atoms with Crippen LogP contribution in [0, 0.1) is 23.0 Å². The number of rotatable bonds is 7.